The summed E-state index contributed by atoms with van der Waals surface area (Å²) in [6.07, 6.45) is 0. The molecule has 5 nitrogen and oxygen atoms in total. The molecule has 7 heteroatoms. The second kappa shape index (κ2) is 4.25. The van der Waals surface area contributed by atoms with Gasteiger partial charge < -0.3 is 0 Å². The molecule has 0 bridgehead atoms. The average molecular weight is 262 g/mol. The molecule has 2 aromatic rings. The van der Waals surface area contributed by atoms with E-state index < -0.39 is 10.2 Å². The second-order valence-corrected chi connectivity index (χ2v) is 5.38. The molecule has 0 aliphatic carbocycles. The molecular formula is C9H8ClNO4S. The van der Waals surface area contributed by atoms with Crippen molar-refractivity contribution in [1.82, 2.24) is 4.98 Å². The molecule has 0 fully saturated rings. The molecule has 86 valence electrons. The summed E-state index contributed by atoms with van der Waals surface area (Å²) in [5.41, 5.74) is 1.48. The molecule has 0 atom stereocenters. The fourth-order valence-electron chi connectivity index (χ4n) is 1.30. The third-order valence-electron chi connectivity index (χ3n) is 1.91. The number of hydrogen-bond donors (Lipinski definition) is 0. The van der Waals surface area contributed by atoms with Gasteiger partial charge in [0.15, 0.2) is 0 Å². The van der Waals surface area contributed by atoms with Gasteiger partial charge in [-0.25, -0.2) is 4.98 Å². The summed E-state index contributed by atoms with van der Waals surface area (Å²) in [5, 5.41) is 0.933. The highest BCUT2D eigenvalue weighted by Gasteiger charge is 2.17. The summed E-state index contributed by atoms with van der Waals surface area (Å²) in [5.74, 6) is 0. The lowest BCUT2D eigenvalue weighted by molar-refractivity contribution is -1.92. The number of hydrogen-bond acceptors (Lipinski definition) is 6. The van der Waals surface area contributed by atoms with Gasteiger partial charge in [-0.05, 0) is 24.6 Å². The zero-order valence-corrected chi connectivity index (χ0v) is 9.88. The fraction of sp³-hybridized carbons (Fsp3) is 0.222. The van der Waals surface area contributed by atoms with Crippen LogP contribution in [0.15, 0.2) is 18.2 Å². The lowest BCUT2D eigenvalue weighted by Gasteiger charge is -2.12. The molecule has 2 rings (SSSR count). The van der Waals surface area contributed by atoms with Crippen molar-refractivity contribution in [2.75, 3.05) is 0 Å². The van der Waals surface area contributed by atoms with Gasteiger partial charge in [0.05, 0.1) is 29.8 Å². The van der Waals surface area contributed by atoms with Crippen molar-refractivity contribution in [3.8, 4) is 0 Å². The van der Waals surface area contributed by atoms with Gasteiger partial charge in [0.2, 0.25) is 6.61 Å². The Morgan fingerprint density at radius 3 is 2.81 bits per heavy atom. The topological polar surface area (TPSA) is 91.3 Å². The quantitative estimate of drug-likeness (QED) is 0.708. The van der Waals surface area contributed by atoms with E-state index in [-0.39, 0.29) is 6.61 Å². The Labute approximate surface area is 97.7 Å². The molecule has 0 aliphatic heterocycles. The van der Waals surface area contributed by atoms with E-state index in [1.54, 1.807) is 18.2 Å². The molecule has 0 spiro atoms. The lowest BCUT2D eigenvalue weighted by atomic mass is 10.2. The molecule has 0 aliphatic rings. The number of thiazole rings is 1. The third kappa shape index (κ3) is 2.88. The lowest BCUT2D eigenvalue weighted by Crippen LogP contribution is -2.60. The van der Waals surface area contributed by atoms with E-state index in [0.717, 1.165) is 15.2 Å². The van der Waals surface area contributed by atoms with Gasteiger partial charge in [0.1, 0.15) is 0 Å². The summed E-state index contributed by atoms with van der Waals surface area (Å²) in [7, 11) is -4.37. The molecule has 1 aromatic heterocycles. The van der Waals surface area contributed by atoms with E-state index in [0.29, 0.717) is 5.56 Å². The standard InChI is InChI=1S/C9H8ClNO4S/c1-6-11-8-3-2-7(4-9(8)16-6)5-15-10(12,13)14/h2-4H,5H2,1H3. The maximum atomic E-state index is 10.3. The van der Waals surface area contributed by atoms with Crippen molar-refractivity contribution < 1.29 is 28.5 Å². The largest absolute Gasteiger partial charge is 0.242 e. The van der Waals surface area contributed by atoms with Crippen molar-refractivity contribution >= 4 is 21.6 Å². The maximum absolute atomic E-state index is 10.3. The highest BCUT2D eigenvalue weighted by atomic mass is 35.7. The number of rotatable bonds is 3. The van der Waals surface area contributed by atoms with Crippen molar-refractivity contribution in [2.24, 2.45) is 0 Å². The van der Waals surface area contributed by atoms with Gasteiger partial charge in [0.25, 0.3) is 0 Å². The summed E-state index contributed by atoms with van der Waals surface area (Å²) in [6.45, 7) is 1.64. The number of fused-ring (bicyclic) bond motifs is 1. The predicted molar refractivity (Wildman–Crippen MR) is 49.1 cm³/mol. The van der Waals surface area contributed by atoms with Crippen LogP contribution in [0.3, 0.4) is 0 Å². The first kappa shape index (κ1) is 11.7. The van der Waals surface area contributed by atoms with Crippen molar-refractivity contribution in [3.63, 3.8) is 0 Å². The Bertz CT molecular complexity index is 508. The predicted octanol–water partition coefficient (Wildman–Crippen LogP) is -0.981. The molecule has 0 saturated carbocycles. The highest BCUT2D eigenvalue weighted by molar-refractivity contribution is 7.18. The molecule has 0 unspecified atom stereocenters. The minimum absolute atomic E-state index is 0.250. The van der Waals surface area contributed by atoms with Crippen LogP contribution in [0.4, 0.5) is 0 Å². The summed E-state index contributed by atoms with van der Waals surface area (Å²) < 4.78 is 35.9. The van der Waals surface area contributed by atoms with Crippen molar-refractivity contribution in [3.05, 3.63) is 28.8 Å². The molecule has 0 saturated heterocycles. The Balaban J connectivity index is 2.19. The van der Waals surface area contributed by atoms with Gasteiger partial charge in [-0.2, -0.15) is 14.0 Å². The van der Waals surface area contributed by atoms with Crippen LogP contribution in [-0.2, 0) is 10.9 Å². The minimum atomic E-state index is -4.37. The van der Waals surface area contributed by atoms with E-state index in [1.807, 2.05) is 6.92 Å². The first-order chi connectivity index (χ1) is 7.44. The zero-order valence-electron chi connectivity index (χ0n) is 8.31. The van der Waals surface area contributed by atoms with Gasteiger partial charge in [-0.1, -0.05) is 6.07 Å². The fourth-order valence-corrected chi connectivity index (χ4v) is 2.45. The van der Waals surface area contributed by atoms with Crippen LogP contribution < -0.4 is 14.0 Å². The van der Waals surface area contributed by atoms with Crippen LogP contribution in [0.25, 0.3) is 10.2 Å². The van der Waals surface area contributed by atoms with E-state index in [1.165, 1.54) is 11.3 Å². The maximum Gasteiger partial charge on any atom is 0.228 e. The van der Waals surface area contributed by atoms with Crippen LogP contribution in [0.1, 0.15) is 10.6 Å². The van der Waals surface area contributed by atoms with Gasteiger partial charge in [-0.3, -0.25) is 0 Å². The molecule has 1 heterocycles. The van der Waals surface area contributed by atoms with Gasteiger partial charge in [-0.15, -0.1) is 11.3 Å². The van der Waals surface area contributed by atoms with Crippen LogP contribution in [0, 0.1) is 17.2 Å². The Hall–Kier alpha value is -0.760. The number of benzene rings is 1. The Kier molecular flexibility index (Phi) is 3.11. The summed E-state index contributed by atoms with van der Waals surface area (Å²) in [4.78, 5) is 4.26. The average Bonchev–Trinajstić information content (AvgIpc) is 2.52. The molecule has 16 heavy (non-hydrogen) atoms. The van der Waals surface area contributed by atoms with E-state index in [9.17, 15) is 14.0 Å². The summed E-state index contributed by atoms with van der Waals surface area (Å²) in [6, 6.07) is 5.22. The van der Waals surface area contributed by atoms with Crippen LogP contribution in [0.5, 0.6) is 0 Å². The molecule has 1 aromatic carbocycles. The van der Waals surface area contributed by atoms with Crippen LogP contribution >= 0.6 is 11.3 Å². The van der Waals surface area contributed by atoms with E-state index in [2.05, 4.69) is 9.27 Å². The smallest absolute Gasteiger partial charge is 0.228 e. The minimum Gasteiger partial charge on any atom is -0.242 e. The summed E-state index contributed by atoms with van der Waals surface area (Å²) >= 11 is 1.50. The van der Waals surface area contributed by atoms with E-state index in [4.69, 9.17) is 0 Å². The molecule has 0 radical (unpaired) electrons. The van der Waals surface area contributed by atoms with Crippen molar-refractivity contribution in [2.45, 2.75) is 13.5 Å². The zero-order chi connectivity index (χ0) is 11.8. The molecule has 0 amide bonds. The van der Waals surface area contributed by atoms with Gasteiger partial charge >= 0.3 is 0 Å². The SMILES string of the molecule is Cc1nc2ccc(CO[Cl+3]([O-])([O-])[O-])cc2s1. The van der Waals surface area contributed by atoms with Gasteiger partial charge in [0, 0.05) is 0 Å². The first-order valence-corrected chi connectivity index (χ1v) is 6.40. The Morgan fingerprint density at radius 2 is 2.12 bits per heavy atom. The van der Waals surface area contributed by atoms with Crippen LogP contribution in [-0.4, -0.2) is 4.98 Å². The second-order valence-electron chi connectivity index (χ2n) is 3.17. The number of halogens is 1. The first-order valence-electron chi connectivity index (χ1n) is 4.35. The highest BCUT2D eigenvalue weighted by Crippen LogP contribution is 2.23. The molecule has 0 N–H and O–H groups in total. The number of nitrogens with zero attached hydrogens (tertiary/aromatic N) is 1. The normalized spacial score (nSPS) is 12.2. The number of aryl methyl sites for hydroxylation is 1. The van der Waals surface area contributed by atoms with Crippen molar-refractivity contribution in [1.29, 1.82) is 0 Å². The molecular weight excluding hydrogens is 254 g/mol. The Morgan fingerprint density at radius 1 is 1.38 bits per heavy atom. The van der Waals surface area contributed by atoms with E-state index >= 15 is 0 Å². The monoisotopic (exact) mass is 261 g/mol. The van der Waals surface area contributed by atoms with Crippen LogP contribution in [0.2, 0.25) is 0 Å². The number of aromatic nitrogens is 1. The third-order valence-corrected chi connectivity index (χ3v) is 3.22.